The van der Waals surface area contributed by atoms with Crippen molar-refractivity contribution in [2.75, 3.05) is 6.61 Å². The number of rotatable bonds is 3. The van der Waals surface area contributed by atoms with Crippen LogP contribution >= 0.6 is 0 Å². The lowest BCUT2D eigenvalue weighted by Gasteiger charge is -2.30. The standard InChI is InChI=1S/C14H23NO5/c1-5-19-12(17)10-8-9(16)6-7-11(10)15-13(18)20-14(2,3)4/h10-11H,5-8H2,1-4H3,(H,15,18)/t10-,11+/m1/s1. The summed E-state index contributed by atoms with van der Waals surface area (Å²) in [5.41, 5.74) is -0.603. The number of carbonyl (C=O) groups excluding carboxylic acids is 3. The van der Waals surface area contributed by atoms with Crippen LogP contribution in [-0.2, 0) is 19.1 Å². The Morgan fingerprint density at radius 1 is 1.35 bits per heavy atom. The third kappa shape index (κ3) is 5.19. The molecule has 0 radical (unpaired) electrons. The lowest BCUT2D eigenvalue weighted by molar-refractivity contribution is -0.152. The van der Waals surface area contributed by atoms with Crippen LogP contribution in [0.2, 0.25) is 0 Å². The first-order chi connectivity index (χ1) is 9.23. The molecule has 0 aromatic heterocycles. The minimum absolute atomic E-state index is 0.0188. The van der Waals surface area contributed by atoms with Crippen molar-refractivity contribution in [1.29, 1.82) is 0 Å². The first-order valence-electron chi connectivity index (χ1n) is 6.90. The molecule has 0 aromatic carbocycles. The number of carbonyl (C=O) groups is 3. The molecule has 6 heteroatoms. The number of ether oxygens (including phenoxy) is 2. The van der Waals surface area contributed by atoms with Gasteiger partial charge in [0.05, 0.1) is 12.5 Å². The number of hydrogen-bond donors (Lipinski definition) is 1. The second-order valence-corrected chi connectivity index (χ2v) is 5.89. The molecule has 0 unspecified atom stereocenters. The Morgan fingerprint density at radius 2 is 2.00 bits per heavy atom. The average molecular weight is 285 g/mol. The van der Waals surface area contributed by atoms with Crippen LogP contribution in [0.15, 0.2) is 0 Å². The van der Waals surface area contributed by atoms with Crippen LogP contribution in [0, 0.1) is 5.92 Å². The van der Waals surface area contributed by atoms with Crippen LogP contribution in [0.25, 0.3) is 0 Å². The van der Waals surface area contributed by atoms with E-state index in [0.29, 0.717) is 12.8 Å². The molecule has 0 saturated heterocycles. The largest absolute Gasteiger partial charge is 0.466 e. The highest BCUT2D eigenvalue weighted by molar-refractivity contribution is 5.87. The van der Waals surface area contributed by atoms with Crippen LogP contribution in [0.5, 0.6) is 0 Å². The van der Waals surface area contributed by atoms with Crippen LogP contribution in [0.4, 0.5) is 4.79 Å². The molecule has 1 amide bonds. The maximum atomic E-state index is 11.9. The first-order valence-corrected chi connectivity index (χ1v) is 6.90. The molecule has 0 heterocycles. The van der Waals surface area contributed by atoms with Gasteiger partial charge < -0.3 is 14.8 Å². The van der Waals surface area contributed by atoms with E-state index in [0.717, 1.165) is 0 Å². The van der Waals surface area contributed by atoms with E-state index in [1.165, 1.54) is 0 Å². The van der Waals surface area contributed by atoms with Gasteiger partial charge in [-0.05, 0) is 34.1 Å². The summed E-state index contributed by atoms with van der Waals surface area (Å²) in [6.07, 6.45) is 0.322. The quantitative estimate of drug-likeness (QED) is 0.800. The van der Waals surface area contributed by atoms with Gasteiger partial charge in [0, 0.05) is 18.9 Å². The maximum Gasteiger partial charge on any atom is 0.407 e. The van der Waals surface area contributed by atoms with Crippen LogP contribution in [-0.4, -0.2) is 36.1 Å². The van der Waals surface area contributed by atoms with Gasteiger partial charge in [0.15, 0.2) is 0 Å². The van der Waals surface area contributed by atoms with Crippen molar-refractivity contribution in [2.45, 2.75) is 58.6 Å². The minimum atomic E-state index is -0.622. The van der Waals surface area contributed by atoms with Gasteiger partial charge in [-0.1, -0.05) is 0 Å². The van der Waals surface area contributed by atoms with Gasteiger partial charge >= 0.3 is 12.1 Å². The van der Waals surface area contributed by atoms with Gasteiger partial charge in [0.25, 0.3) is 0 Å². The Balaban J connectivity index is 2.67. The Hall–Kier alpha value is -1.59. The second kappa shape index (κ2) is 6.72. The third-order valence-corrected chi connectivity index (χ3v) is 2.96. The number of hydrogen-bond acceptors (Lipinski definition) is 5. The van der Waals surface area contributed by atoms with E-state index in [1.54, 1.807) is 27.7 Å². The fourth-order valence-electron chi connectivity index (χ4n) is 2.14. The summed E-state index contributed by atoms with van der Waals surface area (Å²) in [4.78, 5) is 35.1. The topological polar surface area (TPSA) is 81.7 Å². The van der Waals surface area contributed by atoms with Crippen LogP contribution in [0.1, 0.15) is 47.0 Å². The zero-order valence-electron chi connectivity index (χ0n) is 12.5. The predicted molar refractivity (Wildman–Crippen MR) is 72.1 cm³/mol. The average Bonchev–Trinajstić information content (AvgIpc) is 2.29. The van der Waals surface area contributed by atoms with E-state index >= 15 is 0 Å². The van der Waals surface area contributed by atoms with Crippen molar-refractivity contribution in [3.8, 4) is 0 Å². The first kappa shape index (κ1) is 16.5. The summed E-state index contributed by atoms with van der Waals surface area (Å²) in [6.45, 7) is 7.25. The highest BCUT2D eigenvalue weighted by Gasteiger charge is 2.37. The molecule has 1 saturated carbocycles. The summed E-state index contributed by atoms with van der Waals surface area (Å²) >= 11 is 0. The molecule has 1 fully saturated rings. The van der Waals surface area contributed by atoms with Crippen molar-refractivity contribution in [3.05, 3.63) is 0 Å². The molecular formula is C14H23NO5. The summed E-state index contributed by atoms with van der Waals surface area (Å²) < 4.78 is 10.1. The van der Waals surface area contributed by atoms with E-state index in [9.17, 15) is 14.4 Å². The Labute approximate surface area is 119 Å². The molecule has 0 aromatic rings. The van der Waals surface area contributed by atoms with E-state index in [-0.39, 0.29) is 18.8 Å². The molecule has 20 heavy (non-hydrogen) atoms. The van der Waals surface area contributed by atoms with E-state index in [2.05, 4.69) is 5.32 Å². The second-order valence-electron chi connectivity index (χ2n) is 5.89. The molecule has 1 N–H and O–H groups in total. The Morgan fingerprint density at radius 3 is 2.55 bits per heavy atom. The lowest BCUT2D eigenvalue weighted by Crippen LogP contribution is -2.48. The van der Waals surface area contributed by atoms with E-state index < -0.39 is 29.6 Å². The molecule has 1 rings (SSSR count). The molecule has 114 valence electrons. The summed E-state index contributed by atoms with van der Waals surface area (Å²) in [5, 5.41) is 2.67. The zero-order valence-corrected chi connectivity index (χ0v) is 12.5. The van der Waals surface area contributed by atoms with Gasteiger partial charge in [-0.25, -0.2) is 4.79 Å². The number of ketones is 1. The van der Waals surface area contributed by atoms with E-state index in [1.807, 2.05) is 0 Å². The number of amides is 1. The maximum absolute atomic E-state index is 11.9. The monoisotopic (exact) mass is 285 g/mol. The fourth-order valence-corrected chi connectivity index (χ4v) is 2.14. The van der Waals surface area contributed by atoms with Gasteiger partial charge in [-0.15, -0.1) is 0 Å². The number of esters is 1. The van der Waals surface area contributed by atoms with E-state index in [4.69, 9.17) is 9.47 Å². The number of Topliss-reactive ketones (excluding diaryl/α,β-unsaturated/α-hetero) is 1. The smallest absolute Gasteiger partial charge is 0.407 e. The molecule has 0 aliphatic heterocycles. The van der Waals surface area contributed by atoms with Crippen molar-refractivity contribution in [3.63, 3.8) is 0 Å². The van der Waals surface area contributed by atoms with Gasteiger partial charge in [0.1, 0.15) is 11.4 Å². The Kier molecular flexibility index (Phi) is 5.53. The molecule has 1 aliphatic rings. The number of alkyl carbamates (subject to hydrolysis) is 1. The molecular weight excluding hydrogens is 262 g/mol. The lowest BCUT2D eigenvalue weighted by atomic mass is 9.84. The fraction of sp³-hybridized carbons (Fsp3) is 0.786. The highest BCUT2D eigenvalue weighted by Crippen LogP contribution is 2.24. The molecule has 0 bridgehead atoms. The van der Waals surface area contributed by atoms with Crippen molar-refractivity contribution >= 4 is 17.8 Å². The molecule has 2 atom stereocenters. The minimum Gasteiger partial charge on any atom is -0.466 e. The zero-order chi connectivity index (χ0) is 15.3. The molecule has 0 spiro atoms. The Bertz CT molecular complexity index is 386. The van der Waals surface area contributed by atoms with Crippen LogP contribution < -0.4 is 5.32 Å². The molecule has 1 aliphatic carbocycles. The van der Waals surface area contributed by atoms with Crippen molar-refractivity contribution in [1.82, 2.24) is 5.32 Å². The summed E-state index contributed by atoms with van der Waals surface area (Å²) in [6, 6.07) is -0.415. The normalized spacial score (nSPS) is 23.1. The molecule has 6 nitrogen and oxygen atoms in total. The van der Waals surface area contributed by atoms with Gasteiger partial charge in [-0.2, -0.15) is 0 Å². The highest BCUT2D eigenvalue weighted by atomic mass is 16.6. The number of nitrogens with one attached hydrogen (secondary N) is 1. The SMILES string of the molecule is CCOC(=O)[C@@H]1CC(=O)CC[C@@H]1NC(=O)OC(C)(C)C. The summed E-state index contributed by atoms with van der Waals surface area (Å²) in [5.74, 6) is -1.05. The predicted octanol–water partition coefficient (Wildman–Crippen LogP) is 1.81. The summed E-state index contributed by atoms with van der Waals surface area (Å²) in [7, 11) is 0. The van der Waals surface area contributed by atoms with Gasteiger partial charge in [0.2, 0.25) is 0 Å². The third-order valence-electron chi connectivity index (χ3n) is 2.96. The van der Waals surface area contributed by atoms with Crippen LogP contribution in [0.3, 0.4) is 0 Å². The van der Waals surface area contributed by atoms with Gasteiger partial charge in [-0.3, -0.25) is 9.59 Å². The van der Waals surface area contributed by atoms with Crippen molar-refractivity contribution in [2.24, 2.45) is 5.92 Å². The van der Waals surface area contributed by atoms with Crippen molar-refractivity contribution < 1.29 is 23.9 Å².